The van der Waals surface area contributed by atoms with Crippen LogP contribution in [-0.4, -0.2) is 40.4 Å². The second-order valence-electron chi connectivity index (χ2n) is 3.55. The highest BCUT2D eigenvalue weighted by molar-refractivity contribution is 7.80. The monoisotopic (exact) mass is 192 g/mol. The van der Waals surface area contributed by atoms with Crippen LogP contribution in [0.4, 0.5) is 0 Å². The van der Waals surface area contributed by atoms with Crippen LogP contribution >= 0.6 is 12.6 Å². The molecular formula is C8H16O3S. The molecule has 1 fully saturated rings. The largest absolute Gasteiger partial charge is 0.388 e. The first kappa shape index (κ1) is 10.3. The van der Waals surface area contributed by atoms with Crippen molar-refractivity contribution in [3.05, 3.63) is 0 Å². The first-order valence-electron chi connectivity index (χ1n) is 4.20. The molecule has 2 N–H and O–H groups in total. The Hall–Kier alpha value is 0.230. The molecule has 1 aliphatic heterocycles. The highest BCUT2D eigenvalue weighted by atomic mass is 32.1. The van der Waals surface area contributed by atoms with Crippen LogP contribution in [0.15, 0.2) is 0 Å². The van der Waals surface area contributed by atoms with Gasteiger partial charge >= 0.3 is 0 Å². The van der Waals surface area contributed by atoms with Gasteiger partial charge in [0.05, 0.1) is 12.2 Å². The van der Waals surface area contributed by atoms with Gasteiger partial charge < -0.3 is 14.9 Å². The number of thiol groups is 1. The molecule has 4 heteroatoms. The molecule has 1 rings (SSSR count). The van der Waals surface area contributed by atoms with Crippen LogP contribution in [0.5, 0.6) is 0 Å². The van der Waals surface area contributed by atoms with Gasteiger partial charge in [-0.05, 0) is 5.92 Å². The molecule has 0 aromatic heterocycles. The summed E-state index contributed by atoms with van der Waals surface area (Å²) in [4.78, 5) is 0. The number of hydrogen-bond donors (Lipinski definition) is 3. The van der Waals surface area contributed by atoms with Crippen molar-refractivity contribution in [1.82, 2.24) is 0 Å². The number of aliphatic hydroxyl groups is 2. The molecule has 1 saturated heterocycles. The predicted octanol–water partition coefficient (Wildman–Crippen LogP) is 0.0614. The normalized spacial score (nSPS) is 42.5. The van der Waals surface area contributed by atoms with Gasteiger partial charge in [0.15, 0.2) is 0 Å². The zero-order chi connectivity index (χ0) is 9.30. The standard InChI is InChI=1S/C8H16O3S/c1-4(2)8-7(10)6(9)5(3-12)11-8/h4-10,12H,3H2,1-2H3/t5-,6-,7-,8+/m1/s1. The summed E-state index contributed by atoms with van der Waals surface area (Å²) < 4.78 is 5.42. The van der Waals surface area contributed by atoms with Gasteiger partial charge in [-0.1, -0.05) is 13.8 Å². The molecule has 12 heavy (non-hydrogen) atoms. The van der Waals surface area contributed by atoms with Crippen LogP contribution in [0.1, 0.15) is 13.8 Å². The van der Waals surface area contributed by atoms with E-state index in [-0.39, 0.29) is 18.1 Å². The molecule has 0 aromatic rings. The summed E-state index contributed by atoms with van der Waals surface area (Å²) in [5.74, 6) is 0.668. The molecule has 0 aromatic carbocycles. The topological polar surface area (TPSA) is 49.7 Å². The zero-order valence-corrected chi connectivity index (χ0v) is 8.24. The van der Waals surface area contributed by atoms with E-state index in [4.69, 9.17) is 4.74 Å². The van der Waals surface area contributed by atoms with Crippen LogP contribution in [0.25, 0.3) is 0 Å². The van der Waals surface area contributed by atoms with E-state index in [1.54, 1.807) is 0 Å². The van der Waals surface area contributed by atoms with Crippen molar-refractivity contribution in [2.45, 2.75) is 38.3 Å². The molecule has 0 saturated carbocycles. The summed E-state index contributed by atoms with van der Waals surface area (Å²) in [5, 5.41) is 19.0. The maximum atomic E-state index is 9.52. The van der Waals surface area contributed by atoms with E-state index >= 15 is 0 Å². The molecule has 1 heterocycles. The molecule has 1 aliphatic rings. The lowest BCUT2D eigenvalue weighted by molar-refractivity contribution is -0.0103. The molecule has 0 bridgehead atoms. The Morgan fingerprint density at radius 1 is 1.33 bits per heavy atom. The summed E-state index contributed by atoms with van der Waals surface area (Å²) in [5.41, 5.74) is 0. The van der Waals surface area contributed by atoms with Gasteiger partial charge in [0.25, 0.3) is 0 Å². The molecule has 3 nitrogen and oxygen atoms in total. The second kappa shape index (κ2) is 3.96. The molecule has 0 spiro atoms. The molecule has 0 radical (unpaired) electrons. The van der Waals surface area contributed by atoms with Crippen molar-refractivity contribution in [3.8, 4) is 0 Å². The molecular weight excluding hydrogens is 176 g/mol. The molecule has 4 atom stereocenters. The van der Waals surface area contributed by atoms with Crippen LogP contribution in [-0.2, 0) is 4.74 Å². The zero-order valence-electron chi connectivity index (χ0n) is 7.34. The summed E-state index contributed by atoms with van der Waals surface area (Å²) in [7, 11) is 0. The Bertz CT molecular complexity index is 151. The fraction of sp³-hybridized carbons (Fsp3) is 1.00. The summed E-state index contributed by atoms with van der Waals surface area (Å²) in [6, 6.07) is 0. The van der Waals surface area contributed by atoms with E-state index in [2.05, 4.69) is 12.6 Å². The molecule has 0 amide bonds. The Balaban J connectivity index is 2.60. The van der Waals surface area contributed by atoms with Gasteiger partial charge in [-0.25, -0.2) is 0 Å². The summed E-state index contributed by atoms with van der Waals surface area (Å²) in [6.07, 6.45) is -2.12. The van der Waals surface area contributed by atoms with Gasteiger partial charge in [0.2, 0.25) is 0 Å². The lowest BCUT2D eigenvalue weighted by Gasteiger charge is -2.17. The van der Waals surface area contributed by atoms with E-state index in [1.807, 2.05) is 13.8 Å². The van der Waals surface area contributed by atoms with Crippen molar-refractivity contribution >= 4 is 12.6 Å². The smallest absolute Gasteiger partial charge is 0.109 e. The van der Waals surface area contributed by atoms with Crippen molar-refractivity contribution in [3.63, 3.8) is 0 Å². The fourth-order valence-corrected chi connectivity index (χ4v) is 1.78. The van der Waals surface area contributed by atoms with E-state index in [1.165, 1.54) is 0 Å². The molecule has 0 unspecified atom stereocenters. The van der Waals surface area contributed by atoms with Crippen LogP contribution in [0, 0.1) is 5.92 Å². The van der Waals surface area contributed by atoms with Crippen molar-refractivity contribution in [1.29, 1.82) is 0 Å². The van der Waals surface area contributed by atoms with Crippen LogP contribution < -0.4 is 0 Å². The summed E-state index contributed by atoms with van der Waals surface area (Å²) >= 11 is 4.03. The Labute approximate surface area is 78.1 Å². The Morgan fingerprint density at radius 3 is 2.17 bits per heavy atom. The average molecular weight is 192 g/mol. The van der Waals surface area contributed by atoms with Crippen molar-refractivity contribution in [2.24, 2.45) is 5.92 Å². The first-order chi connectivity index (χ1) is 5.57. The highest BCUT2D eigenvalue weighted by Crippen LogP contribution is 2.26. The van der Waals surface area contributed by atoms with Crippen LogP contribution in [0.2, 0.25) is 0 Å². The second-order valence-corrected chi connectivity index (χ2v) is 3.91. The quantitative estimate of drug-likeness (QED) is 0.542. The predicted molar refractivity (Wildman–Crippen MR) is 49.4 cm³/mol. The first-order valence-corrected chi connectivity index (χ1v) is 4.83. The lowest BCUT2D eigenvalue weighted by atomic mass is 10.00. The lowest BCUT2D eigenvalue weighted by Crippen LogP contribution is -2.34. The maximum Gasteiger partial charge on any atom is 0.109 e. The average Bonchev–Trinajstić information content (AvgIpc) is 2.30. The molecule has 0 aliphatic carbocycles. The van der Waals surface area contributed by atoms with Gasteiger partial charge in [-0.15, -0.1) is 0 Å². The summed E-state index contributed by atoms with van der Waals surface area (Å²) in [6.45, 7) is 3.92. The third kappa shape index (κ3) is 1.76. The SMILES string of the molecule is CC(C)[C@@H]1O[C@H](CS)[C@@H](O)[C@H]1O. The highest BCUT2D eigenvalue weighted by Gasteiger charge is 2.42. The van der Waals surface area contributed by atoms with Gasteiger partial charge in [-0.3, -0.25) is 0 Å². The Kier molecular flexibility index (Phi) is 3.40. The minimum Gasteiger partial charge on any atom is -0.388 e. The molecule has 72 valence electrons. The minimum absolute atomic E-state index is 0.222. The van der Waals surface area contributed by atoms with Crippen molar-refractivity contribution < 1.29 is 14.9 Å². The number of aliphatic hydroxyl groups excluding tert-OH is 2. The Morgan fingerprint density at radius 2 is 1.92 bits per heavy atom. The van der Waals surface area contributed by atoms with E-state index < -0.39 is 12.2 Å². The van der Waals surface area contributed by atoms with E-state index in [0.29, 0.717) is 5.75 Å². The van der Waals surface area contributed by atoms with Crippen molar-refractivity contribution in [2.75, 3.05) is 5.75 Å². The van der Waals surface area contributed by atoms with Gasteiger partial charge in [-0.2, -0.15) is 12.6 Å². The van der Waals surface area contributed by atoms with E-state index in [9.17, 15) is 10.2 Å². The number of rotatable bonds is 2. The maximum absolute atomic E-state index is 9.52. The minimum atomic E-state index is -0.783. The third-order valence-electron chi connectivity index (χ3n) is 2.24. The van der Waals surface area contributed by atoms with Gasteiger partial charge in [0, 0.05) is 5.75 Å². The number of ether oxygens (including phenoxy) is 1. The third-order valence-corrected chi connectivity index (χ3v) is 2.60. The van der Waals surface area contributed by atoms with Crippen LogP contribution in [0.3, 0.4) is 0 Å². The number of hydrogen-bond acceptors (Lipinski definition) is 4. The van der Waals surface area contributed by atoms with E-state index in [0.717, 1.165) is 0 Å². The van der Waals surface area contributed by atoms with Gasteiger partial charge in [0.1, 0.15) is 12.2 Å². The fourth-order valence-electron chi connectivity index (χ4n) is 1.48.